The Morgan fingerprint density at radius 1 is 1.03 bits per heavy atom. The summed E-state index contributed by atoms with van der Waals surface area (Å²) in [4.78, 5) is 15.9. The predicted molar refractivity (Wildman–Crippen MR) is 127 cm³/mol. The van der Waals surface area contributed by atoms with Gasteiger partial charge in [0, 0.05) is 37.2 Å². The number of hydrogen-bond acceptors (Lipinski definition) is 5. The number of sulfonamides is 1. The van der Waals surface area contributed by atoms with Gasteiger partial charge in [-0.25, -0.2) is 13.1 Å². The maximum Gasteiger partial charge on any atom is 0.253 e. The van der Waals surface area contributed by atoms with Crippen LogP contribution in [0.4, 0.5) is 0 Å². The van der Waals surface area contributed by atoms with Crippen molar-refractivity contribution in [3.63, 3.8) is 0 Å². The second-order valence-corrected chi connectivity index (χ2v) is 10.1. The molecule has 8 heteroatoms. The van der Waals surface area contributed by atoms with Gasteiger partial charge in [-0.1, -0.05) is 42.5 Å². The summed E-state index contributed by atoms with van der Waals surface area (Å²) >= 11 is 1.48. The summed E-state index contributed by atoms with van der Waals surface area (Å²) in [5.41, 5.74) is 1.57. The highest BCUT2D eigenvalue weighted by atomic mass is 32.2. The zero-order valence-electron chi connectivity index (χ0n) is 18.1. The second kappa shape index (κ2) is 11.9. The molecule has 0 fully saturated rings. The van der Waals surface area contributed by atoms with Gasteiger partial charge in [-0.15, -0.1) is 11.3 Å². The van der Waals surface area contributed by atoms with Gasteiger partial charge in [0.1, 0.15) is 0 Å². The third-order valence-electron chi connectivity index (χ3n) is 5.00. The molecular weight excluding hydrogens is 444 g/mol. The zero-order valence-corrected chi connectivity index (χ0v) is 19.7. The first-order chi connectivity index (χ1) is 15.5. The molecule has 3 aromatic rings. The van der Waals surface area contributed by atoms with Crippen molar-refractivity contribution in [2.24, 2.45) is 0 Å². The van der Waals surface area contributed by atoms with Crippen LogP contribution in [0.5, 0.6) is 0 Å². The molecule has 3 rings (SSSR count). The minimum Gasteiger partial charge on any atom is -0.383 e. The van der Waals surface area contributed by atoms with Crippen LogP contribution in [-0.2, 0) is 27.7 Å². The Morgan fingerprint density at radius 3 is 2.56 bits per heavy atom. The summed E-state index contributed by atoms with van der Waals surface area (Å²) in [6, 6.07) is 20.1. The van der Waals surface area contributed by atoms with Crippen LogP contribution in [-0.4, -0.2) is 46.0 Å². The smallest absolute Gasteiger partial charge is 0.253 e. The Labute approximate surface area is 193 Å². The van der Waals surface area contributed by atoms with E-state index in [9.17, 15) is 13.2 Å². The Morgan fingerprint density at radius 2 is 1.84 bits per heavy atom. The highest BCUT2D eigenvalue weighted by Gasteiger charge is 2.20. The topological polar surface area (TPSA) is 75.7 Å². The molecule has 0 saturated heterocycles. The van der Waals surface area contributed by atoms with E-state index in [1.54, 1.807) is 24.1 Å². The molecule has 0 aliphatic rings. The van der Waals surface area contributed by atoms with E-state index in [0.29, 0.717) is 25.3 Å². The van der Waals surface area contributed by atoms with Gasteiger partial charge in [0.25, 0.3) is 5.91 Å². The number of hydrogen-bond donors (Lipinski definition) is 1. The first kappa shape index (κ1) is 24.1. The molecule has 1 amide bonds. The summed E-state index contributed by atoms with van der Waals surface area (Å²) in [7, 11) is -2.13. The lowest BCUT2D eigenvalue weighted by Crippen LogP contribution is -2.35. The van der Waals surface area contributed by atoms with Gasteiger partial charge in [0.15, 0.2) is 0 Å². The van der Waals surface area contributed by atoms with Crippen LogP contribution in [0, 0.1) is 0 Å². The molecule has 0 aliphatic heterocycles. The second-order valence-electron chi connectivity index (χ2n) is 7.31. The molecule has 0 aliphatic carbocycles. The van der Waals surface area contributed by atoms with Gasteiger partial charge >= 0.3 is 0 Å². The molecule has 6 nitrogen and oxygen atoms in total. The average Bonchev–Trinajstić information content (AvgIpc) is 3.34. The van der Waals surface area contributed by atoms with Gasteiger partial charge in [0.05, 0.1) is 11.5 Å². The zero-order chi connectivity index (χ0) is 22.8. The lowest BCUT2D eigenvalue weighted by atomic mass is 10.1. The number of thiophene rings is 1. The fourth-order valence-electron chi connectivity index (χ4n) is 3.28. The Kier molecular flexibility index (Phi) is 8.99. The normalized spacial score (nSPS) is 11.4. The van der Waals surface area contributed by atoms with E-state index in [1.165, 1.54) is 29.0 Å². The van der Waals surface area contributed by atoms with Crippen LogP contribution in [0.3, 0.4) is 0 Å². The molecule has 1 heterocycles. The fourth-order valence-corrected chi connectivity index (χ4v) is 5.06. The minimum absolute atomic E-state index is 0.0795. The van der Waals surface area contributed by atoms with E-state index < -0.39 is 10.0 Å². The first-order valence-electron chi connectivity index (χ1n) is 10.4. The lowest BCUT2D eigenvalue weighted by Gasteiger charge is -2.23. The third-order valence-corrected chi connectivity index (χ3v) is 7.27. The minimum atomic E-state index is -3.73. The molecule has 0 radical (unpaired) electrons. The summed E-state index contributed by atoms with van der Waals surface area (Å²) in [5.74, 6) is -0.203. The van der Waals surface area contributed by atoms with Crippen molar-refractivity contribution in [2.45, 2.75) is 24.3 Å². The fraction of sp³-hybridized carbons (Fsp3) is 0.292. The van der Waals surface area contributed by atoms with Crippen LogP contribution in [0.15, 0.2) is 77.0 Å². The molecular formula is C24H28N2O4S2. The van der Waals surface area contributed by atoms with E-state index in [0.717, 1.165) is 17.7 Å². The Hall–Kier alpha value is -2.52. The predicted octanol–water partition coefficient (Wildman–Crippen LogP) is 3.95. The summed E-state index contributed by atoms with van der Waals surface area (Å²) in [6.07, 6.45) is 1.67. The van der Waals surface area contributed by atoms with E-state index >= 15 is 0 Å². The van der Waals surface area contributed by atoms with E-state index in [2.05, 4.69) is 16.9 Å². The van der Waals surface area contributed by atoms with E-state index in [1.807, 2.05) is 35.7 Å². The van der Waals surface area contributed by atoms with Crippen molar-refractivity contribution in [1.82, 2.24) is 9.62 Å². The SMILES string of the molecule is COCCN(CCCc1ccccc1)C(=O)c1cccc(S(=O)(=O)NCc2cccs2)c1. The highest BCUT2D eigenvalue weighted by molar-refractivity contribution is 7.89. The van der Waals surface area contributed by atoms with Crippen LogP contribution in [0.1, 0.15) is 27.2 Å². The molecule has 170 valence electrons. The summed E-state index contributed by atoms with van der Waals surface area (Å²) in [6.45, 7) is 1.64. The average molecular weight is 473 g/mol. The van der Waals surface area contributed by atoms with Crippen molar-refractivity contribution in [3.8, 4) is 0 Å². The Bertz CT molecular complexity index is 1080. The van der Waals surface area contributed by atoms with Gasteiger partial charge in [-0.2, -0.15) is 0 Å². The van der Waals surface area contributed by atoms with Crippen LogP contribution in [0.2, 0.25) is 0 Å². The van der Waals surface area contributed by atoms with Gasteiger partial charge in [-0.3, -0.25) is 4.79 Å². The Balaban J connectivity index is 1.68. The number of carbonyl (C=O) groups is 1. The molecule has 0 saturated carbocycles. The summed E-state index contributed by atoms with van der Waals surface area (Å²) < 4.78 is 33.2. The number of nitrogens with one attached hydrogen (secondary N) is 1. The molecule has 1 aromatic heterocycles. The molecule has 1 N–H and O–H groups in total. The number of rotatable bonds is 12. The maximum atomic E-state index is 13.2. The number of nitrogens with zero attached hydrogens (tertiary/aromatic N) is 1. The van der Waals surface area contributed by atoms with E-state index in [-0.39, 0.29) is 17.3 Å². The van der Waals surface area contributed by atoms with Crippen molar-refractivity contribution in [3.05, 3.63) is 88.1 Å². The maximum absolute atomic E-state index is 13.2. The highest BCUT2D eigenvalue weighted by Crippen LogP contribution is 2.16. The van der Waals surface area contributed by atoms with Crippen molar-refractivity contribution in [2.75, 3.05) is 26.8 Å². The number of amides is 1. The standard InChI is InChI=1S/C24H28N2O4S2/c1-30-16-15-26(14-6-10-20-8-3-2-4-9-20)24(27)21-11-5-13-23(18-21)32(28,29)25-19-22-12-7-17-31-22/h2-5,7-9,11-13,17-18,25H,6,10,14-16,19H2,1H3. The third kappa shape index (κ3) is 7.00. The van der Waals surface area contributed by atoms with Crippen LogP contribution in [0.25, 0.3) is 0 Å². The number of benzene rings is 2. The molecule has 0 spiro atoms. The molecule has 0 atom stereocenters. The molecule has 0 unspecified atom stereocenters. The van der Waals surface area contributed by atoms with Crippen molar-refractivity contribution < 1.29 is 17.9 Å². The number of carbonyl (C=O) groups excluding carboxylic acids is 1. The van der Waals surface area contributed by atoms with Gasteiger partial charge < -0.3 is 9.64 Å². The number of ether oxygens (including phenoxy) is 1. The molecule has 32 heavy (non-hydrogen) atoms. The summed E-state index contributed by atoms with van der Waals surface area (Å²) in [5, 5.41) is 1.90. The monoisotopic (exact) mass is 472 g/mol. The van der Waals surface area contributed by atoms with Crippen LogP contribution >= 0.6 is 11.3 Å². The first-order valence-corrected chi connectivity index (χ1v) is 12.8. The largest absolute Gasteiger partial charge is 0.383 e. The van der Waals surface area contributed by atoms with E-state index in [4.69, 9.17) is 4.74 Å². The van der Waals surface area contributed by atoms with Crippen molar-refractivity contribution >= 4 is 27.3 Å². The number of methoxy groups -OCH3 is 1. The van der Waals surface area contributed by atoms with Crippen molar-refractivity contribution in [1.29, 1.82) is 0 Å². The quantitative estimate of drug-likeness (QED) is 0.433. The lowest BCUT2D eigenvalue weighted by molar-refractivity contribution is 0.0693. The molecule has 0 bridgehead atoms. The van der Waals surface area contributed by atoms with Gasteiger partial charge in [0.2, 0.25) is 10.0 Å². The van der Waals surface area contributed by atoms with Gasteiger partial charge in [-0.05, 0) is 48.1 Å². The van der Waals surface area contributed by atoms with Crippen LogP contribution < -0.4 is 4.72 Å². The number of aryl methyl sites for hydroxylation is 1. The molecule has 2 aromatic carbocycles.